The predicted octanol–water partition coefficient (Wildman–Crippen LogP) is 5.39. The number of allylic oxidation sites excluding steroid dienone is 2. The van der Waals surface area contributed by atoms with Gasteiger partial charge in [0.2, 0.25) is 11.6 Å². The van der Waals surface area contributed by atoms with Gasteiger partial charge in [0.25, 0.3) is 40.5 Å². The fourth-order valence-electron chi connectivity index (χ4n) is 6.63. The Hall–Kier alpha value is -7.10. The number of hydrogen-bond donors (Lipinski definition) is 7. The number of ketones is 2. The molecule has 5 aromatic carbocycles. The molecular weight excluding hydrogens is 935 g/mol. The highest BCUT2D eigenvalue weighted by Crippen LogP contribution is 2.37. The second kappa shape index (κ2) is 17.1. The molecule has 0 radical (unpaired) electrons. The van der Waals surface area contributed by atoms with E-state index >= 15 is 0 Å². The van der Waals surface area contributed by atoms with Crippen molar-refractivity contribution < 1.29 is 70.9 Å². The molecular formula is C40H31N5O16S4. The summed E-state index contributed by atoms with van der Waals surface area (Å²) < 4.78 is 148. The molecule has 7 rings (SSSR count). The van der Waals surface area contributed by atoms with E-state index in [-0.39, 0.29) is 40.1 Å². The van der Waals surface area contributed by atoms with Crippen molar-refractivity contribution in [1.29, 1.82) is 0 Å². The summed E-state index contributed by atoms with van der Waals surface area (Å²) in [6.07, 6.45) is 1.64. The van der Waals surface area contributed by atoms with Gasteiger partial charge >= 0.3 is 0 Å². The standard InChI is InChI=1S/C40H31N5O16S4/c1-60-31-16-21(8-12-29(31)42-44-37-34(64(54,55)56)18-23-14-26(10-11-28(23)39(37)46)41-25-6-4-3-5-7-25)22-9-13-30(32(17-22)61-2)43-45-38-35(65(57,58)59)19-24-15-27(62(48,49)50)20-33(63(51,52)53)36(24)40(38)47/h3-20,41-43H,1-2H3,(H,48,49,50)(H,51,52,53)(H,54,55,56)(H,57,58,59)/b44-37-,45-38+. The number of Topliss-reactive ketones (excluding diaryl/α,β-unsaturated/α-hetero) is 2. The molecule has 0 amide bonds. The highest BCUT2D eigenvalue weighted by atomic mass is 32.2. The summed E-state index contributed by atoms with van der Waals surface area (Å²) >= 11 is 0. The Morgan fingerprint density at radius 3 is 1.54 bits per heavy atom. The van der Waals surface area contributed by atoms with Crippen LogP contribution in [0.2, 0.25) is 0 Å². The van der Waals surface area contributed by atoms with Crippen molar-refractivity contribution in [1.82, 2.24) is 0 Å². The largest absolute Gasteiger partial charge is 0.494 e. The van der Waals surface area contributed by atoms with Gasteiger partial charge in [0, 0.05) is 16.9 Å². The van der Waals surface area contributed by atoms with Gasteiger partial charge in [0.15, 0.2) is 11.4 Å². The Labute approximate surface area is 369 Å². The quantitative estimate of drug-likeness (QED) is 0.0574. The molecule has 5 aromatic rings. The monoisotopic (exact) mass is 965 g/mol. The zero-order valence-electron chi connectivity index (χ0n) is 33.1. The van der Waals surface area contributed by atoms with Crippen molar-refractivity contribution in [3.63, 3.8) is 0 Å². The molecule has 0 aliphatic heterocycles. The van der Waals surface area contributed by atoms with E-state index in [0.717, 1.165) is 11.8 Å². The third kappa shape index (κ3) is 9.57. The topological polar surface area (TPSA) is 331 Å². The Bertz CT molecular complexity index is 3460. The first-order chi connectivity index (χ1) is 30.5. The summed E-state index contributed by atoms with van der Waals surface area (Å²) in [6.45, 7) is 0. The Morgan fingerprint density at radius 2 is 1.05 bits per heavy atom. The molecule has 0 heterocycles. The van der Waals surface area contributed by atoms with Crippen molar-refractivity contribution in [2.45, 2.75) is 9.79 Å². The highest BCUT2D eigenvalue weighted by molar-refractivity contribution is 7.91. The van der Waals surface area contributed by atoms with Crippen LogP contribution in [0.1, 0.15) is 31.8 Å². The van der Waals surface area contributed by atoms with E-state index in [4.69, 9.17) is 9.47 Å². The van der Waals surface area contributed by atoms with Crippen LogP contribution in [0.25, 0.3) is 23.3 Å². The number of methoxy groups -OCH3 is 2. The minimum atomic E-state index is -5.39. The number of hydrazone groups is 2. The van der Waals surface area contributed by atoms with E-state index in [1.165, 1.54) is 50.6 Å². The van der Waals surface area contributed by atoms with Crippen molar-refractivity contribution in [2.75, 3.05) is 30.4 Å². The van der Waals surface area contributed by atoms with E-state index in [2.05, 4.69) is 26.4 Å². The fraction of sp³-hybridized carbons (Fsp3) is 0.0500. The molecule has 7 N–H and O–H groups in total. The van der Waals surface area contributed by atoms with Crippen LogP contribution in [0.15, 0.2) is 127 Å². The molecule has 65 heavy (non-hydrogen) atoms. The molecule has 2 aliphatic carbocycles. The lowest BCUT2D eigenvalue weighted by Crippen LogP contribution is -2.29. The number of benzene rings is 5. The molecule has 336 valence electrons. The predicted molar refractivity (Wildman–Crippen MR) is 237 cm³/mol. The van der Waals surface area contributed by atoms with E-state index in [1.807, 2.05) is 30.3 Å². The van der Waals surface area contributed by atoms with Gasteiger partial charge in [-0.2, -0.15) is 43.9 Å². The Kier molecular flexibility index (Phi) is 12.1. The van der Waals surface area contributed by atoms with Gasteiger partial charge in [-0.1, -0.05) is 30.3 Å². The molecule has 0 unspecified atom stereocenters. The van der Waals surface area contributed by atoms with Gasteiger partial charge in [0.05, 0.1) is 36.1 Å². The van der Waals surface area contributed by atoms with Gasteiger partial charge < -0.3 is 14.8 Å². The molecule has 0 fully saturated rings. The molecule has 21 nitrogen and oxygen atoms in total. The van der Waals surface area contributed by atoms with Crippen molar-refractivity contribution in [3.8, 4) is 22.6 Å². The van der Waals surface area contributed by atoms with Crippen LogP contribution in [0.4, 0.5) is 22.7 Å². The number of nitrogens with one attached hydrogen (secondary N) is 3. The van der Waals surface area contributed by atoms with Crippen LogP contribution in [0.3, 0.4) is 0 Å². The van der Waals surface area contributed by atoms with Gasteiger partial charge in [0.1, 0.15) is 26.2 Å². The average Bonchev–Trinajstić information content (AvgIpc) is 3.24. The maximum Gasteiger partial charge on any atom is 0.296 e. The number of para-hydroxylation sites is 1. The summed E-state index contributed by atoms with van der Waals surface area (Å²) in [5, 5.41) is 11.0. The van der Waals surface area contributed by atoms with Crippen LogP contribution >= 0.6 is 0 Å². The average molecular weight is 966 g/mol. The lowest BCUT2D eigenvalue weighted by atomic mass is 9.94. The van der Waals surface area contributed by atoms with Crippen molar-refractivity contribution >= 4 is 98.4 Å². The summed E-state index contributed by atoms with van der Waals surface area (Å²) in [4.78, 5) is 22.9. The fourth-order valence-corrected chi connectivity index (χ4v) is 9.31. The molecule has 0 spiro atoms. The number of carbonyl (C=O) groups is 2. The number of ether oxygens (including phenoxy) is 2. The molecule has 0 saturated carbocycles. The van der Waals surface area contributed by atoms with Crippen LogP contribution in [-0.4, -0.2) is 89.1 Å². The third-order valence-electron chi connectivity index (χ3n) is 9.61. The van der Waals surface area contributed by atoms with Crippen molar-refractivity contribution in [2.24, 2.45) is 10.2 Å². The first-order valence-corrected chi connectivity index (χ1v) is 23.9. The molecule has 2 aliphatic rings. The number of fused-ring (bicyclic) bond motifs is 2. The van der Waals surface area contributed by atoms with Gasteiger partial charge in [-0.05, 0) is 101 Å². The van der Waals surface area contributed by atoms with Crippen LogP contribution in [0.5, 0.6) is 11.5 Å². The zero-order chi connectivity index (χ0) is 47.2. The van der Waals surface area contributed by atoms with E-state index < -0.39 is 94.2 Å². The summed E-state index contributed by atoms with van der Waals surface area (Å²) in [5.41, 5.74) is 4.43. The summed E-state index contributed by atoms with van der Waals surface area (Å²) in [5.74, 6) is -2.12. The lowest BCUT2D eigenvalue weighted by Gasteiger charge is -2.19. The van der Waals surface area contributed by atoms with Crippen LogP contribution in [0, 0.1) is 0 Å². The smallest absolute Gasteiger partial charge is 0.296 e. The molecule has 0 saturated heterocycles. The SMILES string of the molecule is COc1cc(-c2ccc(N/N=C3\C(=O)c4ccc(Nc5ccccc5)cc4C=C3S(=O)(=O)O)c(OC)c2)ccc1N/N=C1/C(=O)c2c(cc(S(=O)(=O)O)cc2S(=O)(=O)O)C=C1S(=O)(=O)O. The molecule has 0 atom stereocenters. The normalized spacial score (nSPS) is 15.4. The molecule has 0 bridgehead atoms. The minimum Gasteiger partial charge on any atom is -0.494 e. The van der Waals surface area contributed by atoms with Crippen LogP contribution in [-0.2, 0) is 40.5 Å². The van der Waals surface area contributed by atoms with Crippen LogP contribution < -0.4 is 25.6 Å². The second-order valence-corrected chi connectivity index (χ2v) is 19.3. The summed E-state index contributed by atoms with van der Waals surface area (Å²) in [6, 6.07) is 23.5. The Balaban J connectivity index is 1.17. The summed E-state index contributed by atoms with van der Waals surface area (Å²) in [7, 11) is -18.3. The van der Waals surface area contributed by atoms with E-state index in [0.29, 0.717) is 29.0 Å². The zero-order valence-corrected chi connectivity index (χ0v) is 36.4. The molecule has 25 heteroatoms. The van der Waals surface area contributed by atoms with Crippen molar-refractivity contribution in [3.05, 3.63) is 129 Å². The van der Waals surface area contributed by atoms with Gasteiger partial charge in [-0.25, -0.2) is 0 Å². The second-order valence-electron chi connectivity index (χ2n) is 13.7. The maximum absolute atomic E-state index is 13.6. The third-order valence-corrected chi connectivity index (χ3v) is 13.0. The van der Waals surface area contributed by atoms with E-state index in [1.54, 1.807) is 18.2 Å². The number of carbonyl (C=O) groups excluding carboxylic acids is 2. The first kappa shape index (κ1) is 45.9. The number of anilines is 4. The van der Waals surface area contributed by atoms with E-state index in [9.17, 15) is 61.5 Å². The lowest BCUT2D eigenvalue weighted by molar-refractivity contribution is 0.105. The van der Waals surface area contributed by atoms with Gasteiger partial charge in [-0.3, -0.25) is 38.7 Å². The number of rotatable bonds is 13. The Morgan fingerprint density at radius 1 is 0.523 bits per heavy atom. The number of hydrogen-bond acceptors (Lipinski definition) is 17. The maximum atomic E-state index is 13.6. The highest BCUT2D eigenvalue weighted by Gasteiger charge is 2.38. The molecule has 0 aromatic heterocycles. The minimum absolute atomic E-state index is 0.0139. The number of nitrogens with zero attached hydrogens (tertiary/aromatic N) is 2. The van der Waals surface area contributed by atoms with Gasteiger partial charge in [-0.15, -0.1) is 0 Å². The first-order valence-electron chi connectivity index (χ1n) is 18.1.